The number of amides is 2. The molecular weight excluding hydrogens is 536 g/mol. The fourth-order valence-corrected chi connectivity index (χ4v) is 4.88. The predicted molar refractivity (Wildman–Crippen MR) is 154 cm³/mol. The van der Waals surface area contributed by atoms with E-state index in [1.165, 1.54) is 14.0 Å². The van der Waals surface area contributed by atoms with Crippen molar-refractivity contribution in [2.24, 2.45) is 5.92 Å². The van der Waals surface area contributed by atoms with Crippen molar-refractivity contribution in [1.29, 1.82) is 0 Å². The number of esters is 1. The number of alkyl carbamates (subject to hydrolysis) is 1. The number of Topliss-reactive ketones (excluding diaryl/α,β-unsaturated/α-hetero) is 2. The molecule has 2 amide bonds. The first-order chi connectivity index (χ1) is 18.7. The molecule has 10 nitrogen and oxygen atoms in total. The Bertz CT molecular complexity index is 1250. The Hall–Kier alpha value is -3.60. The summed E-state index contributed by atoms with van der Waals surface area (Å²) in [5.41, 5.74) is -0.500. The molecule has 0 aliphatic heterocycles. The molecule has 0 spiro atoms. The SMILES string of the molecule is COC(=O)[C@@H](NC(=O)[C@H](CSC(C(C)=O)C(=O)c1ccc2cc(OC)ccc2c1)NC(=O)OC(C)(C)C)C(C)C. The number of carbonyl (C=O) groups excluding carboxylic acids is 5. The van der Waals surface area contributed by atoms with Crippen LogP contribution in [0.15, 0.2) is 36.4 Å². The van der Waals surface area contributed by atoms with E-state index in [9.17, 15) is 24.0 Å². The molecule has 0 aromatic heterocycles. The predicted octanol–water partition coefficient (Wildman–Crippen LogP) is 3.93. The third kappa shape index (κ3) is 9.25. The number of ether oxygens (including phenoxy) is 3. The Morgan fingerprint density at radius 1 is 0.925 bits per heavy atom. The van der Waals surface area contributed by atoms with Crippen LogP contribution in [0.1, 0.15) is 51.9 Å². The summed E-state index contributed by atoms with van der Waals surface area (Å²) in [6, 6.07) is 8.35. The van der Waals surface area contributed by atoms with Crippen molar-refractivity contribution in [3.05, 3.63) is 42.0 Å². The quantitative estimate of drug-likeness (QED) is 0.219. The Balaban J connectivity index is 2.29. The second-order valence-electron chi connectivity index (χ2n) is 10.6. The van der Waals surface area contributed by atoms with E-state index in [0.29, 0.717) is 11.3 Å². The first-order valence-corrected chi connectivity index (χ1v) is 13.8. The highest BCUT2D eigenvalue weighted by atomic mass is 32.2. The highest BCUT2D eigenvalue weighted by Gasteiger charge is 2.33. The van der Waals surface area contributed by atoms with Gasteiger partial charge in [-0.3, -0.25) is 14.4 Å². The Morgan fingerprint density at radius 2 is 1.55 bits per heavy atom. The molecule has 2 rings (SSSR count). The van der Waals surface area contributed by atoms with Crippen LogP contribution in [0.25, 0.3) is 10.8 Å². The second kappa shape index (κ2) is 14.2. The van der Waals surface area contributed by atoms with Crippen LogP contribution in [0.4, 0.5) is 4.79 Å². The average molecular weight is 575 g/mol. The summed E-state index contributed by atoms with van der Waals surface area (Å²) in [7, 11) is 2.78. The first kappa shape index (κ1) is 32.6. The molecule has 0 aliphatic rings. The zero-order chi connectivity index (χ0) is 30.2. The van der Waals surface area contributed by atoms with Crippen LogP contribution < -0.4 is 15.4 Å². The lowest BCUT2D eigenvalue weighted by Crippen LogP contribution is -2.55. The van der Waals surface area contributed by atoms with Crippen molar-refractivity contribution in [2.75, 3.05) is 20.0 Å². The van der Waals surface area contributed by atoms with Crippen molar-refractivity contribution < 1.29 is 38.2 Å². The van der Waals surface area contributed by atoms with E-state index in [-0.39, 0.29) is 11.7 Å². The van der Waals surface area contributed by atoms with Gasteiger partial charge in [0.15, 0.2) is 11.6 Å². The Labute approximate surface area is 238 Å². The molecule has 0 aliphatic carbocycles. The van der Waals surface area contributed by atoms with Crippen LogP contribution in [0.3, 0.4) is 0 Å². The zero-order valence-electron chi connectivity index (χ0n) is 24.2. The molecule has 0 saturated carbocycles. The number of benzene rings is 2. The number of ketones is 2. The summed E-state index contributed by atoms with van der Waals surface area (Å²) in [5, 5.41) is 5.64. The van der Waals surface area contributed by atoms with Crippen molar-refractivity contribution in [3.63, 3.8) is 0 Å². The molecule has 0 radical (unpaired) electrons. The van der Waals surface area contributed by atoms with Crippen molar-refractivity contribution in [3.8, 4) is 5.75 Å². The number of rotatable bonds is 12. The Morgan fingerprint density at radius 3 is 2.10 bits per heavy atom. The highest BCUT2D eigenvalue weighted by Crippen LogP contribution is 2.25. The maximum Gasteiger partial charge on any atom is 0.408 e. The standard InChI is InChI=1S/C29H38N2O8S/c1-16(2)23(27(35)38-8)31-26(34)22(30-28(36)39-29(4,5)6)15-40-25(17(3)32)24(33)20-10-9-19-14-21(37-7)12-11-18(19)13-20/h9-14,16,22-23,25H,15H2,1-8H3,(H,30,36)(H,31,34)/t22-,23-,25?/m0/s1. The minimum Gasteiger partial charge on any atom is -0.497 e. The van der Waals surface area contributed by atoms with E-state index < -0.39 is 52.5 Å². The third-order valence-electron chi connectivity index (χ3n) is 5.80. The smallest absolute Gasteiger partial charge is 0.408 e. The minimum atomic E-state index is -1.22. The molecule has 0 fully saturated rings. The number of fused-ring (bicyclic) bond motifs is 1. The van der Waals surface area contributed by atoms with Crippen LogP contribution in [0, 0.1) is 5.92 Å². The monoisotopic (exact) mass is 574 g/mol. The van der Waals surface area contributed by atoms with Crippen LogP contribution in [-0.2, 0) is 23.9 Å². The molecule has 11 heteroatoms. The first-order valence-electron chi connectivity index (χ1n) is 12.8. The number of nitrogens with one attached hydrogen (secondary N) is 2. The number of hydrogen-bond donors (Lipinski definition) is 2. The summed E-state index contributed by atoms with van der Waals surface area (Å²) >= 11 is 0.924. The molecule has 40 heavy (non-hydrogen) atoms. The largest absolute Gasteiger partial charge is 0.497 e. The summed E-state index contributed by atoms with van der Waals surface area (Å²) in [4.78, 5) is 63.9. The lowest BCUT2D eigenvalue weighted by molar-refractivity contribution is -0.146. The molecule has 2 N–H and O–H groups in total. The second-order valence-corrected chi connectivity index (χ2v) is 11.7. The molecule has 0 bridgehead atoms. The maximum atomic E-state index is 13.4. The van der Waals surface area contributed by atoms with Gasteiger partial charge in [-0.25, -0.2) is 9.59 Å². The van der Waals surface area contributed by atoms with E-state index in [1.807, 2.05) is 12.1 Å². The van der Waals surface area contributed by atoms with Crippen LogP contribution in [-0.4, -0.2) is 72.4 Å². The van der Waals surface area contributed by atoms with Crippen molar-refractivity contribution in [2.45, 2.75) is 64.5 Å². The number of hydrogen-bond acceptors (Lipinski definition) is 9. The van der Waals surface area contributed by atoms with Gasteiger partial charge >= 0.3 is 12.1 Å². The molecule has 2 aromatic carbocycles. The van der Waals surface area contributed by atoms with E-state index in [0.717, 1.165) is 22.5 Å². The van der Waals surface area contributed by atoms with Gasteiger partial charge in [0, 0.05) is 11.3 Å². The minimum absolute atomic E-state index is 0.141. The van der Waals surface area contributed by atoms with Gasteiger partial charge in [0.05, 0.1) is 14.2 Å². The average Bonchev–Trinajstić information content (AvgIpc) is 2.88. The van der Waals surface area contributed by atoms with E-state index in [1.54, 1.807) is 66.0 Å². The fraction of sp³-hybridized carbons (Fsp3) is 0.483. The number of carbonyl (C=O) groups is 5. The van der Waals surface area contributed by atoms with Gasteiger partial charge in [0.25, 0.3) is 0 Å². The third-order valence-corrected chi connectivity index (χ3v) is 7.20. The van der Waals surface area contributed by atoms with Crippen LogP contribution >= 0.6 is 11.8 Å². The van der Waals surface area contributed by atoms with E-state index in [2.05, 4.69) is 10.6 Å². The van der Waals surface area contributed by atoms with Gasteiger partial charge in [0.1, 0.15) is 28.7 Å². The maximum absolute atomic E-state index is 13.4. The lowest BCUT2D eigenvalue weighted by Gasteiger charge is -2.26. The normalized spacial score (nSPS) is 13.6. The number of thioether (sulfide) groups is 1. The molecule has 3 atom stereocenters. The molecule has 0 heterocycles. The summed E-state index contributed by atoms with van der Waals surface area (Å²) in [6.07, 6.45) is -0.858. The van der Waals surface area contributed by atoms with Gasteiger partial charge in [-0.05, 0) is 62.6 Å². The molecular formula is C29H38N2O8S. The topological polar surface area (TPSA) is 137 Å². The molecule has 1 unspecified atom stereocenters. The zero-order valence-corrected chi connectivity index (χ0v) is 25.0. The van der Waals surface area contributed by atoms with Crippen molar-refractivity contribution >= 4 is 52.1 Å². The van der Waals surface area contributed by atoms with E-state index in [4.69, 9.17) is 14.2 Å². The summed E-state index contributed by atoms with van der Waals surface area (Å²) < 4.78 is 15.3. The molecule has 218 valence electrons. The van der Waals surface area contributed by atoms with E-state index >= 15 is 0 Å². The van der Waals surface area contributed by atoms with Gasteiger partial charge < -0.3 is 24.8 Å². The molecule has 0 saturated heterocycles. The van der Waals surface area contributed by atoms with Gasteiger partial charge in [-0.15, -0.1) is 11.8 Å². The highest BCUT2D eigenvalue weighted by molar-refractivity contribution is 8.01. The number of methoxy groups -OCH3 is 2. The summed E-state index contributed by atoms with van der Waals surface area (Å²) in [6.45, 7) is 9.78. The van der Waals surface area contributed by atoms with Gasteiger partial charge in [-0.2, -0.15) is 0 Å². The lowest BCUT2D eigenvalue weighted by atomic mass is 10.0. The fourth-order valence-electron chi connectivity index (χ4n) is 3.74. The van der Waals surface area contributed by atoms with Gasteiger partial charge in [-0.1, -0.05) is 32.0 Å². The van der Waals surface area contributed by atoms with Crippen LogP contribution in [0.2, 0.25) is 0 Å². The van der Waals surface area contributed by atoms with Crippen molar-refractivity contribution in [1.82, 2.24) is 10.6 Å². The Kier molecular flexibility index (Phi) is 11.5. The van der Waals surface area contributed by atoms with Gasteiger partial charge in [0.2, 0.25) is 5.91 Å². The molecule has 2 aromatic rings. The van der Waals surface area contributed by atoms with Crippen LogP contribution in [0.5, 0.6) is 5.75 Å². The summed E-state index contributed by atoms with van der Waals surface area (Å²) in [5.74, 6) is -1.92.